The summed E-state index contributed by atoms with van der Waals surface area (Å²) in [6, 6.07) is 0. The Kier molecular flexibility index (Phi) is 22.9. The second-order valence-corrected chi connectivity index (χ2v) is 21.5. The standard InChI is InChI=1S/C29H50.C28H48.6H2/c1-3-5-6-7-9-25-16-20-28(21-17-25)29-22-18-27(19-23-29)15-14-26-12-10-24(8-4-2)11-13-26;1-3-5-6-7-8-24-15-19-27(20-16-24)28-21-17-26(18-22-28)14-13-25-11-9-23(4-2)10-12-25;;;;;;/h4,8,14-15,24-29H,3,5-7,9-13,16-23H2,1-2H3;4,13-14,23-28H,2-3,5-12,15-22H2,1H3;6*1H/b8-4+,15-14+;14-13+;;;;;;. The van der Waals surface area contributed by atoms with Crippen molar-refractivity contribution in [3.05, 3.63) is 49.1 Å². The van der Waals surface area contributed by atoms with Crippen LogP contribution in [0.1, 0.15) is 248 Å². The van der Waals surface area contributed by atoms with Gasteiger partial charge in [0.05, 0.1) is 0 Å². The topological polar surface area (TPSA) is 0 Å². The van der Waals surface area contributed by atoms with E-state index in [0.29, 0.717) is 0 Å². The number of rotatable bonds is 18. The van der Waals surface area contributed by atoms with Crippen LogP contribution in [0.5, 0.6) is 0 Å². The van der Waals surface area contributed by atoms with Gasteiger partial charge < -0.3 is 0 Å². The molecular formula is C57H110. The fourth-order valence-corrected chi connectivity index (χ4v) is 13.2. The Balaban J connectivity index is 0. The molecule has 338 valence electrons. The highest BCUT2D eigenvalue weighted by molar-refractivity contribution is 5.00. The Bertz CT molecular complexity index is 1100. The van der Waals surface area contributed by atoms with Gasteiger partial charge in [0.15, 0.2) is 0 Å². The van der Waals surface area contributed by atoms with E-state index in [1.807, 2.05) is 0 Å². The molecule has 0 aromatic rings. The van der Waals surface area contributed by atoms with Crippen LogP contribution < -0.4 is 0 Å². The van der Waals surface area contributed by atoms with Crippen LogP contribution in [0.3, 0.4) is 0 Å². The van der Waals surface area contributed by atoms with Crippen LogP contribution >= 0.6 is 0 Å². The van der Waals surface area contributed by atoms with Crippen LogP contribution in [0.4, 0.5) is 0 Å². The maximum atomic E-state index is 3.98. The van der Waals surface area contributed by atoms with Gasteiger partial charge in [-0.15, -0.1) is 6.58 Å². The van der Waals surface area contributed by atoms with E-state index in [9.17, 15) is 0 Å². The fourth-order valence-electron chi connectivity index (χ4n) is 13.2. The zero-order chi connectivity index (χ0) is 39.9. The van der Waals surface area contributed by atoms with Gasteiger partial charge in [-0.1, -0.05) is 146 Å². The zero-order valence-electron chi connectivity index (χ0n) is 38.7. The van der Waals surface area contributed by atoms with Gasteiger partial charge in [0, 0.05) is 8.56 Å². The number of hydrogen-bond acceptors (Lipinski definition) is 0. The summed E-state index contributed by atoms with van der Waals surface area (Å²) >= 11 is 0. The summed E-state index contributed by atoms with van der Waals surface area (Å²) in [6.07, 6.45) is 67.6. The maximum absolute atomic E-state index is 3.98. The van der Waals surface area contributed by atoms with E-state index < -0.39 is 0 Å². The van der Waals surface area contributed by atoms with Crippen LogP contribution in [-0.2, 0) is 0 Å². The second-order valence-electron chi connectivity index (χ2n) is 21.5. The number of hydrogen-bond donors (Lipinski definition) is 0. The first-order chi connectivity index (χ1) is 28.1. The van der Waals surface area contributed by atoms with Gasteiger partial charge >= 0.3 is 0 Å². The van der Waals surface area contributed by atoms with Crippen molar-refractivity contribution < 1.29 is 8.56 Å². The minimum absolute atomic E-state index is 0. The first-order valence-corrected chi connectivity index (χ1v) is 26.7. The van der Waals surface area contributed by atoms with E-state index in [2.05, 4.69) is 69.9 Å². The molecule has 0 saturated heterocycles. The molecular weight excluding hydrogens is 685 g/mol. The van der Waals surface area contributed by atoms with Crippen LogP contribution in [0.2, 0.25) is 0 Å². The van der Waals surface area contributed by atoms with Crippen molar-refractivity contribution in [1.82, 2.24) is 0 Å². The minimum atomic E-state index is 0. The van der Waals surface area contributed by atoms with Crippen molar-refractivity contribution in [2.75, 3.05) is 0 Å². The van der Waals surface area contributed by atoms with Crippen molar-refractivity contribution in [2.24, 2.45) is 71.0 Å². The molecule has 0 amide bonds. The largest absolute Gasteiger partial charge is 0.103 e. The average Bonchev–Trinajstić information content (AvgIpc) is 3.27. The summed E-state index contributed by atoms with van der Waals surface area (Å²) in [5.41, 5.74) is 0. The molecule has 0 heterocycles. The average molecular weight is 796 g/mol. The first kappa shape index (κ1) is 47.0. The Morgan fingerprint density at radius 1 is 0.351 bits per heavy atom. The monoisotopic (exact) mass is 795 g/mol. The minimum Gasteiger partial charge on any atom is -0.103 e. The quantitative estimate of drug-likeness (QED) is 0.0958. The molecule has 6 aliphatic rings. The molecule has 6 aliphatic carbocycles. The van der Waals surface area contributed by atoms with Crippen molar-refractivity contribution >= 4 is 0 Å². The summed E-state index contributed by atoms with van der Waals surface area (Å²) in [4.78, 5) is 0. The van der Waals surface area contributed by atoms with Gasteiger partial charge in [0.2, 0.25) is 0 Å². The Hall–Kier alpha value is -1.04. The van der Waals surface area contributed by atoms with Gasteiger partial charge in [0.1, 0.15) is 0 Å². The Morgan fingerprint density at radius 2 is 0.632 bits per heavy atom. The van der Waals surface area contributed by atoms with Crippen molar-refractivity contribution in [2.45, 2.75) is 239 Å². The van der Waals surface area contributed by atoms with Crippen LogP contribution in [-0.4, -0.2) is 0 Å². The molecule has 0 radical (unpaired) electrons. The SMILES string of the molecule is C/C=C/C1CCC(/C=C/C2CCC(C3CCC(CCCCCC)CC3)CC2)CC1.C=CC1CCC(/C=C/C2CCC(C3CCC(CCCCCC)CC3)CC2)CC1.[HH].[HH].[HH].[HH].[HH].[HH]. The van der Waals surface area contributed by atoms with Gasteiger partial charge in [-0.05, 0) is 206 Å². The summed E-state index contributed by atoms with van der Waals surface area (Å²) in [7, 11) is 0. The van der Waals surface area contributed by atoms with Crippen LogP contribution in [0.25, 0.3) is 0 Å². The van der Waals surface area contributed by atoms with E-state index in [4.69, 9.17) is 0 Å². The molecule has 0 unspecified atom stereocenters. The third-order valence-electron chi connectivity index (χ3n) is 17.4. The third-order valence-corrected chi connectivity index (χ3v) is 17.4. The van der Waals surface area contributed by atoms with Gasteiger partial charge in [-0.3, -0.25) is 0 Å². The van der Waals surface area contributed by atoms with Crippen LogP contribution in [0.15, 0.2) is 49.1 Å². The predicted octanol–water partition coefficient (Wildman–Crippen LogP) is 20.1. The molecule has 0 spiro atoms. The van der Waals surface area contributed by atoms with Crippen LogP contribution in [0, 0.1) is 71.0 Å². The van der Waals surface area contributed by atoms with Crippen molar-refractivity contribution in [3.63, 3.8) is 0 Å². The lowest BCUT2D eigenvalue weighted by Crippen LogP contribution is -2.25. The van der Waals surface area contributed by atoms with E-state index >= 15 is 0 Å². The summed E-state index contributed by atoms with van der Waals surface area (Å²) in [5, 5.41) is 0. The molecule has 0 aromatic carbocycles. The van der Waals surface area contributed by atoms with E-state index in [0.717, 1.165) is 71.0 Å². The predicted molar refractivity (Wildman–Crippen MR) is 266 cm³/mol. The third kappa shape index (κ3) is 17.5. The zero-order valence-corrected chi connectivity index (χ0v) is 38.7. The molecule has 6 saturated carbocycles. The molecule has 57 heavy (non-hydrogen) atoms. The molecule has 0 aromatic heterocycles. The first-order valence-electron chi connectivity index (χ1n) is 26.7. The summed E-state index contributed by atoms with van der Waals surface area (Å²) in [6.45, 7) is 10.8. The highest BCUT2D eigenvalue weighted by Gasteiger charge is 2.32. The normalized spacial score (nSPS) is 37.0. The molecule has 0 aliphatic heterocycles. The summed E-state index contributed by atoms with van der Waals surface area (Å²) < 4.78 is 0. The lowest BCUT2D eigenvalue weighted by Gasteiger charge is -2.37. The van der Waals surface area contributed by atoms with Gasteiger partial charge in [-0.2, -0.15) is 0 Å². The molecule has 0 heteroatoms. The molecule has 6 rings (SSSR count). The van der Waals surface area contributed by atoms with E-state index in [-0.39, 0.29) is 8.56 Å². The lowest BCUT2D eigenvalue weighted by atomic mass is 9.68. The second kappa shape index (κ2) is 27.7. The summed E-state index contributed by atoms with van der Waals surface area (Å²) in [5.74, 6) is 11.6. The molecule has 0 nitrogen and oxygen atoms in total. The van der Waals surface area contributed by atoms with Crippen molar-refractivity contribution in [1.29, 1.82) is 0 Å². The highest BCUT2D eigenvalue weighted by Crippen LogP contribution is 2.44. The van der Waals surface area contributed by atoms with E-state index in [1.54, 1.807) is 51.4 Å². The smallest absolute Gasteiger partial charge is 0 e. The molecule has 6 fully saturated rings. The molecule has 0 atom stereocenters. The number of allylic oxidation sites excluding steroid dienone is 7. The van der Waals surface area contributed by atoms with E-state index in [1.165, 1.54) is 167 Å². The maximum Gasteiger partial charge on any atom is 0 e. The Labute approximate surface area is 366 Å². The highest BCUT2D eigenvalue weighted by atomic mass is 14.4. The molecule has 0 bridgehead atoms. The fraction of sp³-hybridized carbons (Fsp3) is 0.860. The number of unbranched alkanes of at least 4 members (excludes halogenated alkanes) is 6. The van der Waals surface area contributed by atoms with Gasteiger partial charge in [-0.25, -0.2) is 0 Å². The lowest BCUT2D eigenvalue weighted by molar-refractivity contribution is 0.151. The molecule has 0 N–H and O–H groups in total. The Morgan fingerprint density at radius 3 is 0.930 bits per heavy atom. The van der Waals surface area contributed by atoms with Crippen molar-refractivity contribution in [3.8, 4) is 0 Å². The van der Waals surface area contributed by atoms with Gasteiger partial charge in [0.25, 0.3) is 0 Å².